The summed E-state index contributed by atoms with van der Waals surface area (Å²) in [5.41, 5.74) is 5.55. The van der Waals surface area contributed by atoms with Gasteiger partial charge in [0.25, 0.3) is 0 Å². The molecular weight excluding hydrogens is 398 g/mol. The smallest absolute Gasteiger partial charge is 0.340 e. The fraction of sp³-hybridized carbons (Fsp3) is 0.292. The number of aromatic hydroxyl groups is 1. The van der Waals surface area contributed by atoms with E-state index < -0.39 is 5.97 Å². The third kappa shape index (κ3) is 3.17. The average molecular weight is 423 g/mol. The number of nitrogens with zero attached hydrogens (tertiary/aromatic N) is 1. The average Bonchev–Trinajstić information content (AvgIpc) is 3.09. The fourth-order valence-corrected chi connectivity index (χ4v) is 4.39. The van der Waals surface area contributed by atoms with Crippen molar-refractivity contribution in [2.24, 2.45) is 0 Å². The molecule has 0 bridgehead atoms. The van der Waals surface area contributed by atoms with Crippen LogP contribution in [0.2, 0.25) is 0 Å². The summed E-state index contributed by atoms with van der Waals surface area (Å²) in [5.74, 6) is 1.36. The van der Waals surface area contributed by atoms with Crippen LogP contribution in [0.4, 0.5) is 0 Å². The monoisotopic (exact) mass is 423 g/mol. The molecular formula is C24H25NO6. The van der Waals surface area contributed by atoms with Gasteiger partial charge in [-0.1, -0.05) is 0 Å². The molecule has 0 aliphatic carbocycles. The number of benzene rings is 2. The van der Waals surface area contributed by atoms with E-state index in [1.807, 2.05) is 19.1 Å². The maximum atomic E-state index is 13.1. The van der Waals surface area contributed by atoms with E-state index in [9.17, 15) is 9.90 Å². The van der Waals surface area contributed by atoms with Crippen LogP contribution in [0.1, 0.15) is 21.6 Å². The van der Waals surface area contributed by atoms with Crippen LogP contribution < -0.4 is 14.2 Å². The van der Waals surface area contributed by atoms with E-state index in [0.717, 1.165) is 34.5 Å². The number of phenols is 1. The lowest BCUT2D eigenvalue weighted by atomic mass is 9.93. The third-order valence-corrected chi connectivity index (χ3v) is 5.84. The standard InChI is InChI=1S/C24H25NO6/c1-13-21(16-7-6-15(26)11-18(16)28-2)22(24(27)31-5)23-17-12-20(30-4)19(29-3)10-14(17)8-9-25(13)23/h6-7,10-12,26H,8-9H2,1-5H3. The molecule has 1 aliphatic rings. The molecule has 2 heterocycles. The van der Waals surface area contributed by atoms with Crippen LogP contribution in [0.3, 0.4) is 0 Å². The Morgan fingerprint density at radius 2 is 1.61 bits per heavy atom. The van der Waals surface area contributed by atoms with Crippen LogP contribution in [0.15, 0.2) is 30.3 Å². The molecule has 1 aliphatic heterocycles. The molecule has 0 radical (unpaired) electrons. The summed E-state index contributed by atoms with van der Waals surface area (Å²) in [7, 11) is 6.10. The van der Waals surface area contributed by atoms with Crippen molar-refractivity contribution in [1.82, 2.24) is 4.57 Å². The largest absolute Gasteiger partial charge is 0.508 e. The van der Waals surface area contributed by atoms with Crippen molar-refractivity contribution in [3.8, 4) is 45.4 Å². The normalized spacial score (nSPS) is 12.0. The number of aryl methyl sites for hydroxylation is 1. The van der Waals surface area contributed by atoms with Gasteiger partial charge in [0.05, 0.1) is 39.7 Å². The molecule has 0 atom stereocenters. The SMILES string of the molecule is COC(=O)c1c(-c2ccc(O)cc2OC)c(C)n2c1-c1cc(OC)c(OC)cc1CC2. The second-order valence-electron chi connectivity index (χ2n) is 7.33. The molecule has 7 heteroatoms. The Morgan fingerprint density at radius 1 is 0.935 bits per heavy atom. The summed E-state index contributed by atoms with van der Waals surface area (Å²) in [6.07, 6.45) is 0.783. The van der Waals surface area contributed by atoms with E-state index in [-0.39, 0.29) is 5.75 Å². The van der Waals surface area contributed by atoms with Crippen LogP contribution in [-0.4, -0.2) is 44.1 Å². The van der Waals surface area contributed by atoms with Gasteiger partial charge in [-0.05, 0) is 43.2 Å². The maximum absolute atomic E-state index is 13.1. The second kappa shape index (κ2) is 7.91. The molecule has 1 aromatic heterocycles. The number of hydrogen-bond donors (Lipinski definition) is 1. The summed E-state index contributed by atoms with van der Waals surface area (Å²) >= 11 is 0. The number of methoxy groups -OCH3 is 4. The number of ether oxygens (including phenoxy) is 4. The molecule has 31 heavy (non-hydrogen) atoms. The number of esters is 1. The lowest BCUT2D eigenvalue weighted by molar-refractivity contribution is 0.0602. The van der Waals surface area contributed by atoms with E-state index in [2.05, 4.69) is 4.57 Å². The number of carbonyl (C=O) groups excluding carboxylic acids is 1. The van der Waals surface area contributed by atoms with E-state index in [4.69, 9.17) is 18.9 Å². The number of carbonyl (C=O) groups is 1. The molecule has 1 N–H and O–H groups in total. The van der Waals surface area contributed by atoms with Crippen LogP contribution >= 0.6 is 0 Å². The Labute approximate surface area is 180 Å². The molecule has 3 aromatic rings. The van der Waals surface area contributed by atoms with Gasteiger partial charge in [0, 0.05) is 35.0 Å². The van der Waals surface area contributed by atoms with Gasteiger partial charge in [0.2, 0.25) is 0 Å². The minimum absolute atomic E-state index is 0.0871. The molecule has 0 saturated heterocycles. The van der Waals surface area contributed by atoms with Crippen molar-refractivity contribution < 1.29 is 28.8 Å². The maximum Gasteiger partial charge on any atom is 0.340 e. The van der Waals surface area contributed by atoms with Gasteiger partial charge in [-0.2, -0.15) is 0 Å². The third-order valence-electron chi connectivity index (χ3n) is 5.84. The molecule has 0 amide bonds. The van der Waals surface area contributed by atoms with Crippen molar-refractivity contribution in [2.45, 2.75) is 19.9 Å². The Bertz CT molecular complexity index is 1180. The highest BCUT2D eigenvalue weighted by Gasteiger charge is 2.33. The number of fused-ring (bicyclic) bond motifs is 3. The van der Waals surface area contributed by atoms with Crippen molar-refractivity contribution in [2.75, 3.05) is 28.4 Å². The number of aromatic nitrogens is 1. The minimum Gasteiger partial charge on any atom is -0.508 e. The van der Waals surface area contributed by atoms with Gasteiger partial charge in [-0.25, -0.2) is 4.79 Å². The van der Waals surface area contributed by atoms with E-state index in [0.29, 0.717) is 34.9 Å². The molecule has 2 aromatic carbocycles. The minimum atomic E-state index is -0.440. The van der Waals surface area contributed by atoms with E-state index in [1.165, 1.54) is 20.3 Å². The number of phenolic OH excluding ortho intramolecular Hbond substituents is 1. The molecule has 0 spiro atoms. The lowest BCUT2D eigenvalue weighted by Gasteiger charge is -2.23. The molecule has 4 rings (SSSR count). The zero-order valence-electron chi connectivity index (χ0n) is 18.2. The molecule has 0 fully saturated rings. The molecule has 162 valence electrons. The van der Waals surface area contributed by atoms with Gasteiger partial charge in [-0.15, -0.1) is 0 Å². The lowest BCUT2D eigenvalue weighted by Crippen LogP contribution is -2.14. The topological polar surface area (TPSA) is 79.2 Å². The number of hydrogen-bond acceptors (Lipinski definition) is 6. The Morgan fingerprint density at radius 3 is 2.26 bits per heavy atom. The highest BCUT2D eigenvalue weighted by molar-refractivity contribution is 6.06. The molecule has 7 nitrogen and oxygen atoms in total. The summed E-state index contributed by atoms with van der Waals surface area (Å²) in [6, 6.07) is 8.74. The molecule has 0 unspecified atom stereocenters. The predicted molar refractivity (Wildman–Crippen MR) is 116 cm³/mol. The summed E-state index contributed by atoms with van der Waals surface area (Å²) in [5, 5.41) is 9.91. The quantitative estimate of drug-likeness (QED) is 0.620. The zero-order chi connectivity index (χ0) is 22.3. The first-order valence-electron chi connectivity index (χ1n) is 9.89. The summed E-state index contributed by atoms with van der Waals surface area (Å²) < 4.78 is 23.8. The highest BCUT2D eigenvalue weighted by atomic mass is 16.5. The first kappa shape index (κ1) is 20.7. The van der Waals surface area contributed by atoms with Crippen LogP contribution in [-0.2, 0) is 17.7 Å². The van der Waals surface area contributed by atoms with Crippen molar-refractivity contribution in [3.63, 3.8) is 0 Å². The van der Waals surface area contributed by atoms with Crippen LogP contribution in [0.25, 0.3) is 22.4 Å². The highest BCUT2D eigenvalue weighted by Crippen LogP contribution is 2.47. The van der Waals surface area contributed by atoms with Crippen molar-refractivity contribution >= 4 is 5.97 Å². The fourth-order valence-electron chi connectivity index (χ4n) is 4.39. The van der Waals surface area contributed by atoms with Gasteiger partial charge in [0.1, 0.15) is 11.5 Å². The van der Waals surface area contributed by atoms with Crippen molar-refractivity contribution in [3.05, 3.63) is 47.2 Å². The van der Waals surface area contributed by atoms with Crippen LogP contribution in [0, 0.1) is 6.92 Å². The van der Waals surface area contributed by atoms with Crippen molar-refractivity contribution in [1.29, 1.82) is 0 Å². The summed E-state index contributed by atoms with van der Waals surface area (Å²) in [6.45, 7) is 2.68. The van der Waals surface area contributed by atoms with Gasteiger partial charge in [-0.3, -0.25) is 0 Å². The number of rotatable bonds is 5. The van der Waals surface area contributed by atoms with E-state index >= 15 is 0 Å². The first-order chi connectivity index (χ1) is 14.9. The molecule has 0 saturated carbocycles. The summed E-state index contributed by atoms with van der Waals surface area (Å²) in [4.78, 5) is 13.1. The Kier molecular flexibility index (Phi) is 5.27. The van der Waals surface area contributed by atoms with E-state index in [1.54, 1.807) is 26.4 Å². The predicted octanol–water partition coefficient (Wildman–Crippen LogP) is 4.20. The Hall–Kier alpha value is -3.61. The van der Waals surface area contributed by atoms with Gasteiger partial charge < -0.3 is 28.6 Å². The van der Waals surface area contributed by atoms with Crippen LogP contribution in [0.5, 0.6) is 23.0 Å². The Balaban J connectivity index is 2.07. The second-order valence-corrected chi connectivity index (χ2v) is 7.33. The van der Waals surface area contributed by atoms with Gasteiger partial charge >= 0.3 is 5.97 Å². The van der Waals surface area contributed by atoms with Gasteiger partial charge in [0.15, 0.2) is 11.5 Å². The first-order valence-corrected chi connectivity index (χ1v) is 9.89. The zero-order valence-corrected chi connectivity index (χ0v) is 18.2.